The van der Waals surface area contributed by atoms with E-state index >= 15 is 0 Å². The normalized spacial score (nSPS) is 17.4. The monoisotopic (exact) mass is 470 g/mol. The zero-order chi connectivity index (χ0) is 17.6. The molecule has 0 amide bonds. The Morgan fingerprint density at radius 2 is 1.12 bits per heavy atom. The molecule has 0 aliphatic heterocycles. The van der Waals surface area contributed by atoms with Crippen LogP contribution in [0.2, 0.25) is 23.2 Å². The second-order valence-electron chi connectivity index (χ2n) is 11.8. The van der Waals surface area contributed by atoms with Crippen molar-refractivity contribution in [1.29, 1.82) is 0 Å². The van der Waals surface area contributed by atoms with Crippen molar-refractivity contribution in [3.63, 3.8) is 0 Å². The molecule has 0 bridgehead atoms. The number of rotatable bonds is 4. The van der Waals surface area contributed by atoms with Crippen LogP contribution in [0.4, 0.5) is 11.4 Å². The van der Waals surface area contributed by atoms with E-state index in [-0.39, 0.29) is 24.8 Å². The van der Waals surface area contributed by atoms with Gasteiger partial charge in [-0.3, -0.25) is 0 Å². The van der Waals surface area contributed by atoms with E-state index in [1.165, 1.54) is 11.4 Å². The summed E-state index contributed by atoms with van der Waals surface area (Å²) in [6.45, 7) is 0. The van der Waals surface area contributed by atoms with Crippen molar-refractivity contribution in [3.05, 3.63) is 82.2 Å². The molecule has 0 spiro atoms. The van der Waals surface area contributed by atoms with Crippen molar-refractivity contribution in [2.75, 3.05) is 2.84 Å². The molecule has 0 atom stereocenters. The van der Waals surface area contributed by atoms with Gasteiger partial charge >= 0.3 is 142 Å². The SMILES string of the molecule is Cl.Cl.[CH3][Zr]([CH3])([CH3])([CH3])([CH3])([C]1=CC=CC1)[N](c1ccccc1)c1ccccc1. The van der Waals surface area contributed by atoms with Gasteiger partial charge in [0.15, 0.2) is 0 Å². The summed E-state index contributed by atoms with van der Waals surface area (Å²) in [4.78, 5) is 0. The fraction of sp³-hybridized carbons (Fsp3) is 0.273. The number of allylic oxidation sites excluding steroid dienone is 4. The van der Waals surface area contributed by atoms with Gasteiger partial charge in [0.1, 0.15) is 0 Å². The molecule has 143 valence electrons. The van der Waals surface area contributed by atoms with Crippen molar-refractivity contribution >= 4 is 36.2 Å². The van der Waals surface area contributed by atoms with Crippen LogP contribution in [0.25, 0.3) is 0 Å². The first-order valence-corrected chi connectivity index (χ1v) is 23.6. The number of halogens is 2. The van der Waals surface area contributed by atoms with E-state index in [1.54, 1.807) is 3.28 Å². The molecule has 0 unspecified atom stereocenters. The fourth-order valence-corrected chi connectivity index (χ4v) is 18.2. The van der Waals surface area contributed by atoms with Crippen LogP contribution < -0.4 is 2.84 Å². The summed E-state index contributed by atoms with van der Waals surface area (Å²) < 4.78 is 17.0. The Balaban J connectivity index is 0.00000169. The summed E-state index contributed by atoms with van der Waals surface area (Å²) >= 11 is -4.47. The summed E-state index contributed by atoms with van der Waals surface area (Å²) in [5.74, 6) is 0. The molecule has 4 heteroatoms. The van der Waals surface area contributed by atoms with Gasteiger partial charge in [-0.25, -0.2) is 0 Å². The molecule has 0 heterocycles. The Morgan fingerprint density at radius 3 is 1.46 bits per heavy atom. The summed E-state index contributed by atoms with van der Waals surface area (Å²) in [5.41, 5.74) is 2.55. The molecule has 2 aromatic carbocycles. The van der Waals surface area contributed by atoms with Crippen LogP contribution in [-0.2, 0) is 16.1 Å². The standard InChI is InChI=1S/C12H10N.C5H5.5CH3.2ClH.Zr/c1-3-7-11(8-4-1)13-12-9-5-2-6-10-12;1-2-4-5-3-1;;;;;;;;/h1-10H;1-3H,4H2;5*1H3;2*1H;/q-1;;;;;;;;;+1. The van der Waals surface area contributed by atoms with E-state index < -0.39 is 16.1 Å². The van der Waals surface area contributed by atoms with Crippen LogP contribution in [-0.4, -0.2) is 0 Å². The van der Waals surface area contributed by atoms with Gasteiger partial charge in [-0.05, 0) is 0 Å². The predicted molar refractivity (Wildman–Crippen MR) is 121 cm³/mol. The molecule has 2 aromatic rings. The van der Waals surface area contributed by atoms with Crippen molar-refractivity contribution in [2.45, 2.75) is 29.6 Å². The van der Waals surface area contributed by atoms with Crippen LogP contribution in [0.5, 0.6) is 0 Å². The Hall–Kier alpha value is -0.817. The molecule has 3 rings (SSSR count). The second kappa shape index (κ2) is 6.09. The molecule has 0 fully saturated rings. The van der Waals surface area contributed by atoms with Crippen LogP contribution in [0, 0.1) is 0 Å². The molecule has 1 aliphatic rings. The topological polar surface area (TPSA) is 3.24 Å². The Labute approximate surface area is 166 Å². The predicted octanol–water partition coefficient (Wildman–Crippen LogP) is 8.43. The fourth-order valence-electron chi connectivity index (χ4n) is 4.32. The average molecular weight is 473 g/mol. The third-order valence-corrected chi connectivity index (χ3v) is 22.6. The second-order valence-corrected chi connectivity index (χ2v) is 51.3. The molecule has 0 N–H and O–H groups in total. The summed E-state index contributed by atoms with van der Waals surface area (Å²) in [6, 6.07) is 21.7. The number of hydrogen-bond acceptors (Lipinski definition) is 1. The first-order chi connectivity index (χ1) is 10.9. The van der Waals surface area contributed by atoms with Crippen LogP contribution in [0.1, 0.15) is 6.42 Å². The molecule has 26 heavy (non-hydrogen) atoms. The van der Waals surface area contributed by atoms with Gasteiger partial charge in [0, 0.05) is 0 Å². The van der Waals surface area contributed by atoms with Gasteiger partial charge in [0.2, 0.25) is 0 Å². The van der Waals surface area contributed by atoms with Crippen LogP contribution in [0.3, 0.4) is 0 Å². The number of nitrogens with zero attached hydrogens (tertiary/aromatic N) is 1. The zero-order valence-electron chi connectivity index (χ0n) is 16.5. The molecular weight excluding hydrogens is 440 g/mol. The zero-order valence-corrected chi connectivity index (χ0v) is 20.6. The molecule has 0 radical (unpaired) electrons. The third-order valence-electron chi connectivity index (χ3n) is 5.78. The Kier molecular flexibility index (Phi) is 5.44. The van der Waals surface area contributed by atoms with Crippen LogP contribution in [0.15, 0.2) is 82.2 Å². The van der Waals surface area contributed by atoms with Gasteiger partial charge in [0.25, 0.3) is 0 Å². The molecule has 1 aliphatic carbocycles. The molecule has 0 saturated carbocycles. The van der Waals surface area contributed by atoms with E-state index in [1.807, 2.05) is 0 Å². The number of para-hydroxylation sites is 2. The van der Waals surface area contributed by atoms with E-state index in [0.29, 0.717) is 0 Å². The molecule has 0 aromatic heterocycles. The first kappa shape index (κ1) is 23.2. The number of hydrogen-bond donors (Lipinski definition) is 0. The molecule has 1 nitrogen and oxygen atoms in total. The van der Waals surface area contributed by atoms with Crippen molar-refractivity contribution in [2.24, 2.45) is 0 Å². The van der Waals surface area contributed by atoms with Crippen molar-refractivity contribution in [1.82, 2.24) is 0 Å². The summed E-state index contributed by atoms with van der Waals surface area (Å²) in [6.07, 6.45) is 7.92. The van der Waals surface area contributed by atoms with E-state index in [0.717, 1.165) is 6.42 Å². The maximum atomic E-state index is 2.68. The van der Waals surface area contributed by atoms with E-state index in [9.17, 15) is 0 Å². The average Bonchev–Trinajstić information content (AvgIpc) is 3.04. The maximum absolute atomic E-state index is 4.47. The number of benzene rings is 2. The molecule has 0 saturated heterocycles. The third kappa shape index (κ3) is 3.89. The van der Waals surface area contributed by atoms with Crippen molar-refractivity contribution < 1.29 is 16.1 Å². The minimum atomic E-state index is -4.47. The van der Waals surface area contributed by atoms with E-state index in [2.05, 4.69) is 105 Å². The van der Waals surface area contributed by atoms with Gasteiger partial charge in [0.05, 0.1) is 0 Å². The van der Waals surface area contributed by atoms with Gasteiger partial charge in [-0.15, -0.1) is 24.8 Å². The summed E-state index contributed by atoms with van der Waals surface area (Å²) in [5, 5.41) is 0. The Bertz CT molecular complexity index is 801. The summed E-state index contributed by atoms with van der Waals surface area (Å²) in [7, 11) is 0. The quantitative estimate of drug-likeness (QED) is 0.432. The Morgan fingerprint density at radius 1 is 0.692 bits per heavy atom. The van der Waals surface area contributed by atoms with E-state index in [4.69, 9.17) is 0 Å². The number of anilines is 2. The van der Waals surface area contributed by atoms with Gasteiger partial charge < -0.3 is 0 Å². The van der Waals surface area contributed by atoms with Gasteiger partial charge in [-0.2, -0.15) is 0 Å². The molecular formula is C22H32Cl2NZr. The minimum absolute atomic E-state index is 0. The van der Waals surface area contributed by atoms with Gasteiger partial charge in [-0.1, -0.05) is 0 Å². The van der Waals surface area contributed by atoms with Crippen molar-refractivity contribution in [3.8, 4) is 0 Å². The van der Waals surface area contributed by atoms with Crippen LogP contribution >= 0.6 is 24.8 Å². The first-order valence-electron chi connectivity index (χ1n) is 8.96.